The molecule has 2 aromatic carbocycles. The summed E-state index contributed by atoms with van der Waals surface area (Å²) < 4.78 is 2.14. The third-order valence-corrected chi connectivity index (χ3v) is 5.99. The molecular formula is C23H21N3O2. The Labute approximate surface area is 163 Å². The van der Waals surface area contributed by atoms with Crippen molar-refractivity contribution in [3.63, 3.8) is 0 Å². The number of nitrogens with zero attached hydrogens (tertiary/aromatic N) is 3. The Morgan fingerprint density at radius 3 is 2.79 bits per heavy atom. The number of imidazole rings is 1. The lowest BCUT2D eigenvalue weighted by Crippen LogP contribution is -2.31. The average molecular weight is 371 g/mol. The molecule has 0 spiro atoms. The molecule has 5 nitrogen and oxygen atoms in total. The summed E-state index contributed by atoms with van der Waals surface area (Å²) in [6.45, 7) is 0. The smallest absolute Gasteiger partial charge is 0.253 e. The molecule has 1 amide bonds. The van der Waals surface area contributed by atoms with Crippen LogP contribution in [0.1, 0.15) is 44.3 Å². The van der Waals surface area contributed by atoms with E-state index in [2.05, 4.69) is 21.7 Å². The minimum absolute atomic E-state index is 0.0163. The molecule has 1 aromatic heterocycles. The van der Waals surface area contributed by atoms with Crippen LogP contribution < -0.4 is 0 Å². The summed E-state index contributed by atoms with van der Waals surface area (Å²) in [7, 11) is 3.48. The molecule has 1 aliphatic carbocycles. The topological polar surface area (TPSA) is 55.2 Å². The Kier molecular flexibility index (Phi) is 3.72. The van der Waals surface area contributed by atoms with E-state index < -0.39 is 0 Å². The van der Waals surface area contributed by atoms with E-state index in [1.54, 1.807) is 25.1 Å². The largest absolute Gasteiger partial charge is 0.345 e. The van der Waals surface area contributed by atoms with Crippen LogP contribution in [0.3, 0.4) is 0 Å². The number of amides is 1. The number of fused-ring (bicyclic) bond motifs is 4. The van der Waals surface area contributed by atoms with Gasteiger partial charge in [-0.3, -0.25) is 9.59 Å². The molecule has 0 radical (unpaired) electrons. The van der Waals surface area contributed by atoms with Crippen LogP contribution in [-0.4, -0.2) is 40.2 Å². The first-order chi connectivity index (χ1) is 13.6. The number of carbonyl (C=O) groups excluding carboxylic acids is 2. The van der Waals surface area contributed by atoms with Gasteiger partial charge in [0.25, 0.3) is 5.91 Å². The number of rotatable bonds is 2. The second-order valence-electron chi connectivity index (χ2n) is 7.80. The molecule has 0 bridgehead atoms. The number of ketones is 1. The lowest BCUT2D eigenvalue weighted by Gasteiger charge is -2.30. The maximum absolute atomic E-state index is 13.4. The molecule has 2 atom stereocenters. The molecular weight excluding hydrogens is 350 g/mol. The highest BCUT2D eigenvalue weighted by Gasteiger charge is 2.40. The number of aryl methyl sites for hydroxylation is 1. The van der Waals surface area contributed by atoms with E-state index in [1.165, 1.54) is 5.56 Å². The van der Waals surface area contributed by atoms with Gasteiger partial charge in [-0.1, -0.05) is 30.3 Å². The Morgan fingerprint density at radius 1 is 1.14 bits per heavy atom. The zero-order chi connectivity index (χ0) is 19.4. The molecule has 0 N–H and O–H groups in total. The van der Waals surface area contributed by atoms with Crippen LogP contribution in [0.5, 0.6) is 0 Å². The van der Waals surface area contributed by atoms with Gasteiger partial charge in [0.2, 0.25) is 0 Å². The maximum atomic E-state index is 13.4. The Hall–Kier alpha value is -3.21. The van der Waals surface area contributed by atoms with Gasteiger partial charge in [0.15, 0.2) is 5.78 Å². The molecule has 0 saturated carbocycles. The number of benzene rings is 2. The molecule has 28 heavy (non-hydrogen) atoms. The van der Waals surface area contributed by atoms with E-state index in [-0.39, 0.29) is 23.7 Å². The van der Waals surface area contributed by atoms with Crippen molar-refractivity contribution in [2.75, 3.05) is 14.1 Å². The number of carbonyl (C=O) groups is 2. The summed E-state index contributed by atoms with van der Waals surface area (Å²) >= 11 is 0. The minimum Gasteiger partial charge on any atom is -0.345 e. The second kappa shape index (κ2) is 6.16. The third-order valence-electron chi connectivity index (χ3n) is 5.99. The van der Waals surface area contributed by atoms with Gasteiger partial charge in [0.05, 0.1) is 24.3 Å². The molecule has 2 heterocycles. The summed E-state index contributed by atoms with van der Waals surface area (Å²) in [5.41, 5.74) is 5.80. The number of hydrogen-bond acceptors (Lipinski definition) is 3. The van der Waals surface area contributed by atoms with Gasteiger partial charge < -0.3 is 9.47 Å². The zero-order valence-electron chi connectivity index (χ0n) is 15.9. The van der Waals surface area contributed by atoms with Gasteiger partial charge in [-0.05, 0) is 36.1 Å². The highest BCUT2D eigenvalue weighted by Crippen LogP contribution is 2.46. The van der Waals surface area contributed by atoms with Crippen LogP contribution in [0.4, 0.5) is 0 Å². The standard InChI is InChI=1S/C23H21N3O2/c1-25(2)23(28)15-8-9-16-14(11-15)7-10-19(22(16)27)21-18-6-4-3-5-17(18)20-12-24-13-26(20)21/h3-6,8-9,11-13,19,21H,7,10H2,1-2H3. The van der Waals surface area contributed by atoms with E-state index in [9.17, 15) is 9.59 Å². The summed E-state index contributed by atoms with van der Waals surface area (Å²) in [4.78, 5) is 31.6. The van der Waals surface area contributed by atoms with Crippen molar-refractivity contribution in [1.82, 2.24) is 14.5 Å². The van der Waals surface area contributed by atoms with E-state index >= 15 is 0 Å². The summed E-state index contributed by atoms with van der Waals surface area (Å²) in [5, 5.41) is 0. The molecule has 0 saturated heterocycles. The van der Waals surface area contributed by atoms with E-state index in [4.69, 9.17) is 0 Å². The third kappa shape index (κ3) is 2.35. The van der Waals surface area contributed by atoms with Crippen LogP contribution in [0.25, 0.3) is 11.3 Å². The highest BCUT2D eigenvalue weighted by molar-refractivity contribution is 6.03. The van der Waals surface area contributed by atoms with Gasteiger partial charge in [0.1, 0.15) is 0 Å². The molecule has 5 rings (SSSR count). The van der Waals surface area contributed by atoms with Crippen molar-refractivity contribution < 1.29 is 9.59 Å². The minimum atomic E-state index is -0.125. The fourth-order valence-corrected chi connectivity index (χ4v) is 4.66. The van der Waals surface area contributed by atoms with E-state index in [0.29, 0.717) is 5.56 Å². The molecule has 0 fully saturated rings. The predicted molar refractivity (Wildman–Crippen MR) is 106 cm³/mol. The molecule has 1 aliphatic heterocycles. The van der Waals surface area contributed by atoms with Crippen molar-refractivity contribution in [2.24, 2.45) is 5.92 Å². The number of hydrogen-bond donors (Lipinski definition) is 0. The second-order valence-corrected chi connectivity index (χ2v) is 7.80. The summed E-state index contributed by atoms with van der Waals surface area (Å²) in [5.74, 6) is -0.00361. The lowest BCUT2D eigenvalue weighted by atomic mass is 9.76. The molecule has 2 unspecified atom stereocenters. The Bertz CT molecular complexity index is 1110. The summed E-state index contributed by atoms with van der Waals surface area (Å²) in [6.07, 6.45) is 5.27. The predicted octanol–water partition coefficient (Wildman–Crippen LogP) is 3.60. The Morgan fingerprint density at radius 2 is 1.96 bits per heavy atom. The van der Waals surface area contributed by atoms with E-state index in [1.807, 2.05) is 36.8 Å². The van der Waals surface area contributed by atoms with Crippen molar-refractivity contribution in [3.05, 3.63) is 77.2 Å². The van der Waals surface area contributed by atoms with Crippen molar-refractivity contribution >= 4 is 11.7 Å². The van der Waals surface area contributed by atoms with Crippen LogP contribution in [0, 0.1) is 5.92 Å². The first-order valence-corrected chi connectivity index (χ1v) is 9.56. The fraction of sp³-hybridized carbons (Fsp3) is 0.261. The molecule has 140 valence electrons. The van der Waals surface area contributed by atoms with Crippen LogP contribution in [-0.2, 0) is 6.42 Å². The van der Waals surface area contributed by atoms with Crippen molar-refractivity contribution in [1.29, 1.82) is 0 Å². The molecule has 5 heteroatoms. The number of Topliss-reactive ketones (excluding diaryl/α,β-unsaturated/α-hetero) is 1. The Balaban J connectivity index is 1.54. The molecule has 3 aromatic rings. The van der Waals surface area contributed by atoms with Crippen LogP contribution in [0.2, 0.25) is 0 Å². The van der Waals surface area contributed by atoms with Gasteiger partial charge in [0, 0.05) is 36.7 Å². The normalized spacial score (nSPS) is 19.7. The number of aromatic nitrogens is 2. The van der Waals surface area contributed by atoms with E-state index in [0.717, 1.165) is 35.2 Å². The zero-order valence-corrected chi connectivity index (χ0v) is 15.9. The van der Waals surface area contributed by atoms with Gasteiger partial charge in [-0.2, -0.15) is 0 Å². The van der Waals surface area contributed by atoms with Crippen molar-refractivity contribution in [2.45, 2.75) is 18.9 Å². The monoisotopic (exact) mass is 371 g/mol. The summed E-state index contributed by atoms with van der Waals surface area (Å²) in [6, 6.07) is 13.8. The first-order valence-electron chi connectivity index (χ1n) is 9.56. The highest BCUT2D eigenvalue weighted by atomic mass is 16.2. The fourth-order valence-electron chi connectivity index (χ4n) is 4.66. The molecule has 2 aliphatic rings. The van der Waals surface area contributed by atoms with Gasteiger partial charge in [-0.15, -0.1) is 0 Å². The average Bonchev–Trinajstić information content (AvgIpc) is 3.29. The lowest BCUT2D eigenvalue weighted by molar-refractivity contribution is 0.0823. The SMILES string of the molecule is CN(C)C(=O)c1ccc2c(c1)CCC(C1c3ccccc3-c3cncn31)C2=O. The maximum Gasteiger partial charge on any atom is 0.253 e. The first kappa shape index (κ1) is 16.9. The van der Waals surface area contributed by atoms with Gasteiger partial charge >= 0.3 is 0 Å². The van der Waals surface area contributed by atoms with Gasteiger partial charge in [-0.25, -0.2) is 4.98 Å². The van der Waals surface area contributed by atoms with Crippen LogP contribution >= 0.6 is 0 Å². The quantitative estimate of drug-likeness (QED) is 0.692. The van der Waals surface area contributed by atoms with Crippen molar-refractivity contribution in [3.8, 4) is 11.3 Å². The van der Waals surface area contributed by atoms with Crippen LogP contribution in [0.15, 0.2) is 55.0 Å².